The Bertz CT molecular complexity index is 704. The summed E-state index contributed by atoms with van der Waals surface area (Å²) in [5.41, 5.74) is 1.06. The third-order valence-electron chi connectivity index (χ3n) is 3.78. The van der Waals surface area contributed by atoms with Crippen molar-refractivity contribution in [2.24, 2.45) is 0 Å². The van der Waals surface area contributed by atoms with Crippen molar-refractivity contribution >= 4 is 5.97 Å². The largest absolute Gasteiger partial charge is 0.493 e. The molecule has 0 aliphatic heterocycles. The number of carbonyl (C=O) groups is 1. The molecular formula is C21H24F2O4. The maximum atomic E-state index is 13.5. The maximum Gasteiger partial charge on any atom is 0.376 e. The Morgan fingerprint density at radius 3 is 2.37 bits per heavy atom. The number of carbonyl (C=O) groups excluding carboxylic acids is 1. The van der Waals surface area contributed by atoms with Crippen LogP contribution >= 0.6 is 0 Å². The van der Waals surface area contributed by atoms with Gasteiger partial charge in [0, 0.05) is 12.5 Å². The molecule has 0 radical (unpaired) electrons. The molecule has 0 bridgehead atoms. The van der Waals surface area contributed by atoms with Crippen LogP contribution in [-0.2, 0) is 16.1 Å². The summed E-state index contributed by atoms with van der Waals surface area (Å²) in [6, 6.07) is 17.0. The molecule has 146 valence electrons. The van der Waals surface area contributed by atoms with Gasteiger partial charge in [-0.2, -0.15) is 8.78 Å². The van der Waals surface area contributed by atoms with E-state index >= 15 is 0 Å². The Balaban J connectivity index is 1.71. The summed E-state index contributed by atoms with van der Waals surface area (Å²) in [5.74, 6) is -3.63. The van der Waals surface area contributed by atoms with Gasteiger partial charge in [-0.1, -0.05) is 36.4 Å². The molecular weight excluding hydrogens is 354 g/mol. The smallest absolute Gasteiger partial charge is 0.376 e. The number of unbranched alkanes of at least 4 members (excludes halogenated alkanes) is 1. The number of halogens is 2. The van der Waals surface area contributed by atoms with E-state index in [0.29, 0.717) is 24.5 Å². The van der Waals surface area contributed by atoms with Crippen LogP contribution in [0.5, 0.6) is 11.5 Å². The lowest BCUT2D eigenvalue weighted by molar-refractivity contribution is -0.172. The van der Waals surface area contributed by atoms with Gasteiger partial charge in [-0.05, 0) is 37.5 Å². The van der Waals surface area contributed by atoms with Gasteiger partial charge >= 0.3 is 11.9 Å². The predicted molar refractivity (Wildman–Crippen MR) is 98.1 cm³/mol. The monoisotopic (exact) mass is 378 g/mol. The highest BCUT2D eigenvalue weighted by atomic mass is 19.3. The first-order chi connectivity index (χ1) is 13.0. The molecule has 0 heterocycles. The zero-order chi connectivity index (χ0) is 19.5. The van der Waals surface area contributed by atoms with Gasteiger partial charge in [0.05, 0.1) is 13.2 Å². The maximum absolute atomic E-state index is 13.5. The van der Waals surface area contributed by atoms with Crippen LogP contribution in [0.1, 0.15) is 31.7 Å². The summed E-state index contributed by atoms with van der Waals surface area (Å²) in [6.07, 6.45) is 0.0233. The Labute approximate surface area is 158 Å². The number of rotatable bonds is 11. The van der Waals surface area contributed by atoms with E-state index in [0.717, 1.165) is 5.56 Å². The number of hydrogen-bond acceptors (Lipinski definition) is 4. The van der Waals surface area contributed by atoms with Crippen molar-refractivity contribution in [1.82, 2.24) is 0 Å². The average Bonchev–Trinajstić information content (AvgIpc) is 2.67. The SMILES string of the molecule is CCOC(=O)C(F)(F)CCCCOc1cccc(OCc2ccccc2)c1. The zero-order valence-electron chi connectivity index (χ0n) is 15.3. The third kappa shape index (κ3) is 7.25. The summed E-state index contributed by atoms with van der Waals surface area (Å²) < 4.78 is 42.7. The molecule has 6 heteroatoms. The minimum atomic E-state index is -3.44. The second-order valence-corrected chi connectivity index (χ2v) is 5.98. The molecule has 0 saturated carbocycles. The van der Waals surface area contributed by atoms with Crippen LogP contribution in [0.3, 0.4) is 0 Å². The van der Waals surface area contributed by atoms with Gasteiger partial charge in [0.15, 0.2) is 0 Å². The van der Waals surface area contributed by atoms with Crippen LogP contribution in [0.15, 0.2) is 54.6 Å². The lowest BCUT2D eigenvalue weighted by Crippen LogP contribution is -2.30. The van der Waals surface area contributed by atoms with Gasteiger partial charge in [0.1, 0.15) is 18.1 Å². The molecule has 0 unspecified atom stereocenters. The second-order valence-electron chi connectivity index (χ2n) is 5.98. The highest BCUT2D eigenvalue weighted by Crippen LogP contribution is 2.24. The second kappa shape index (κ2) is 10.5. The topological polar surface area (TPSA) is 44.8 Å². The van der Waals surface area contributed by atoms with Crippen LogP contribution in [0.25, 0.3) is 0 Å². The minimum absolute atomic E-state index is 0.0553. The number of hydrogen-bond donors (Lipinski definition) is 0. The normalized spacial score (nSPS) is 11.1. The van der Waals surface area contributed by atoms with Crippen LogP contribution < -0.4 is 9.47 Å². The van der Waals surface area contributed by atoms with Crippen molar-refractivity contribution in [2.75, 3.05) is 13.2 Å². The van der Waals surface area contributed by atoms with E-state index in [9.17, 15) is 13.6 Å². The summed E-state index contributed by atoms with van der Waals surface area (Å²) in [7, 11) is 0. The zero-order valence-corrected chi connectivity index (χ0v) is 15.3. The number of alkyl halides is 2. The molecule has 0 atom stereocenters. The fourth-order valence-corrected chi connectivity index (χ4v) is 2.37. The summed E-state index contributed by atoms with van der Waals surface area (Å²) in [6.45, 7) is 2.17. The summed E-state index contributed by atoms with van der Waals surface area (Å²) in [4.78, 5) is 11.1. The molecule has 0 aliphatic rings. The Morgan fingerprint density at radius 1 is 0.963 bits per heavy atom. The van der Waals surface area contributed by atoms with Crippen molar-refractivity contribution in [2.45, 2.75) is 38.7 Å². The van der Waals surface area contributed by atoms with E-state index in [1.54, 1.807) is 12.1 Å². The van der Waals surface area contributed by atoms with Crippen LogP contribution in [-0.4, -0.2) is 25.1 Å². The molecule has 0 spiro atoms. The fraction of sp³-hybridized carbons (Fsp3) is 0.381. The minimum Gasteiger partial charge on any atom is -0.493 e. The van der Waals surface area contributed by atoms with Gasteiger partial charge in [-0.15, -0.1) is 0 Å². The molecule has 2 aromatic carbocycles. The van der Waals surface area contributed by atoms with Crippen molar-refractivity contribution < 1.29 is 27.8 Å². The molecule has 0 aromatic heterocycles. The van der Waals surface area contributed by atoms with E-state index in [2.05, 4.69) is 4.74 Å². The first kappa shape index (κ1) is 20.7. The van der Waals surface area contributed by atoms with Gasteiger partial charge < -0.3 is 14.2 Å². The molecule has 0 amide bonds. The Hall–Kier alpha value is -2.63. The molecule has 0 saturated heterocycles. The fourth-order valence-electron chi connectivity index (χ4n) is 2.37. The van der Waals surface area contributed by atoms with E-state index in [4.69, 9.17) is 9.47 Å². The first-order valence-corrected chi connectivity index (χ1v) is 8.96. The molecule has 2 rings (SSSR count). The molecule has 27 heavy (non-hydrogen) atoms. The highest BCUT2D eigenvalue weighted by Gasteiger charge is 2.39. The molecule has 4 nitrogen and oxygen atoms in total. The van der Waals surface area contributed by atoms with Gasteiger partial charge in [-0.25, -0.2) is 4.79 Å². The van der Waals surface area contributed by atoms with Gasteiger partial charge in [0.25, 0.3) is 0 Å². The van der Waals surface area contributed by atoms with Crippen LogP contribution in [0, 0.1) is 0 Å². The first-order valence-electron chi connectivity index (χ1n) is 8.96. The van der Waals surface area contributed by atoms with Gasteiger partial charge in [0.2, 0.25) is 0 Å². The molecule has 0 aliphatic carbocycles. The van der Waals surface area contributed by atoms with Crippen molar-refractivity contribution in [3.63, 3.8) is 0 Å². The summed E-state index contributed by atoms with van der Waals surface area (Å²) in [5, 5.41) is 0. The highest BCUT2D eigenvalue weighted by molar-refractivity contribution is 5.77. The molecule has 0 fully saturated rings. The Morgan fingerprint density at radius 2 is 1.67 bits per heavy atom. The standard InChI is InChI=1S/C21H24F2O4/c1-2-25-20(24)21(22,23)13-6-7-14-26-18-11-8-12-19(15-18)27-16-17-9-4-3-5-10-17/h3-5,8-12,15H,2,6-7,13-14,16H2,1H3. The van der Waals surface area contributed by atoms with Crippen molar-refractivity contribution in [3.05, 3.63) is 60.2 Å². The number of benzene rings is 2. The predicted octanol–water partition coefficient (Wildman–Crippen LogP) is 5.01. The van der Waals surface area contributed by atoms with Crippen LogP contribution in [0.2, 0.25) is 0 Å². The van der Waals surface area contributed by atoms with Crippen molar-refractivity contribution in [1.29, 1.82) is 0 Å². The van der Waals surface area contributed by atoms with E-state index in [1.165, 1.54) is 6.92 Å². The lowest BCUT2D eigenvalue weighted by atomic mass is 10.1. The van der Waals surface area contributed by atoms with E-state index in [1.807, 2.05) is 42.5 Å². The Kier molecular flexibility index (Phi) is 8.04. The number of esters is 1. The average molecular weight is 378 g/mol. The van der Waals surface area contributed by atoms with E-state index in [-0.39, 0.29) is 19.6 Å². The number of ether oxygens (including phenoxy) is 3. The summed E-state index contributed by atoms with van der Waals surface area (Å²) >= 11 is 0. The third-order valence-corrected chi connectivity index (χ3v) is 3.78. The molecule has 0 N–H and O–H groups in total. The van der Waals surface area contributed by atoms with Crippen LogP contribution in [0.4, 0.5) is 8.78 Å². The molecule has 2 aromatic rings. The van der Waals surface area contributed by atoms with Gasteiger partial charge in [-0.3, -0.25) is 0 Å². The van der Waals surface area contributed by atoms with E-state index < -0.39 is 18.3 Å². The van der Waals surface area contributed by atoms with Crippen molar-refractivity contribution in [3.8, 4) is 11.5 Å². The lowest BCUT2D eigenvalue weighted by Gasteiger charge is -2.14. The quantitative estimate of drug-likeness (QED) is 0.407.